The van der Waals surface area contributed by atoms with E-state index in [1.54, 1.807) is 18.9 Å². The van der Waals surface area contributed by atoms with Gasteiger partial charge in [0.05, 0.1) is 4.91 Å². The van der Waals surface area contributed by atoms with Crippen LogP contribution in [0.1, 0.15) is 53.6 Å². The Morgan fingerprint density at radius 1 is 1.21 bits per heavy atom. The number of hydrogen-bond acceptors (Lipinski definition) is 4. The van der Waals surface area contributed by atoms with Crippen LogP contribution in [0.5, 0.6) is 0 Å². The van der Waals surface area contributed by atoms with Gasteiger partial charge in [0.2, 0.25) is 0 Å². The lowest BCUT2D eigenvalue weighted by Gasteiger charge is -2.44. The molecule has 1 saturated heterocycles. The highest BCUT2D eigenvalue weighted by Gasteiger charge is 2.40. The van der Waals surface area contributed by atoms with E-state index in [4.69, 9.17) is 16.3 Å². The van der Waals surface area contributed by atoms with Crippen molar-refractivity contribution in [2.75, 3.05) is 20.3 Å². The number of carbonyl (C=O) groups is 2. The zero-order valence-electron chi connectivity index (χ0n) is 19.5. The van der Waals surface area contributed by atoms with E-state index >= 15 is 0 Å². The minimum atomic E-state index is -0.101. The van der Waals surface area contributed by atoms with E-state index in [9.17, 15) is 9.59 Å². The van der Waals surface area contributed by atoms with E-state index in [2.05, 4.69) is 5.32 Å². The lowest BCUT2D eigenvalue weighted by molar-refractivity contribution is -0.130. The summed E-state index contributed by atoms with van der Waals surface area (Å²) < 4.78 is 5.01. The lowest BCUT2D eigenvalue weighted by Crippen LogP contribution is -2.50. The zero-order valence-corrected chi connectivity index (χ0v) is 21.0. The van der Waals surface area contributed by atoms with Gasteiger partial charge in [0, 0.05) is 48.7 Å². The molecule has 2 fully saturated rings. The Bertz CT molecular complexity index is 1040. The number of halogens is 1. The number of methoxy groups -OCH3 is 1. The molecule has 0 bridgehead atoms. The molecule has 0 aromatic heterocycles. The third kappa shape index (κ3) is 6.23. The van der Waals surface area contributed by atoms with Crippen molar-refractivity contribution in [2.24, 2.45) is 0 Å². The molecule has 1 N–H and O–H groups in total. The first-order chi connectivity index (χ1) is 16.5. The Kier molecular flexibility index (Phi) is 8.70. The molecule has 2 atom stereocenters. The molecular formula is C27H31ClN2O3S. The molecule has 1 aliphatic heterocycles. The fraction of sp³-hybridized carbons (Fsp3) is 0.407. The Balaban J connectivity index is 1.49. The Morgan fingerprint density at radius 2 is 2.00 bits per heavy atom. The van der Waals surface area contributed by atoms with Crippen LogP contribution in [0.4, 0.5) is 0 Å². The number of fused-ring (bicyclic) bond motifs is 1. The largest absolute Gasteiger partial charge is 0.385 e. The summed E-state index contributed by atoms with van der Waals surface area (Å²) in [4.78, 5) is 28.7. The molecule has 7 heteroatoms. The summed E-state index contributed by atoms with van der Waals surface area (Å²) in [5.74, 6) is -0.0238. The first-order valence-electron chi connectivity index (χ1n) is 11.9. The number of nitrogens with zero attached hydrogens (tertiary/aromatic N) is 1. The fourth-order valence-electron chi connectivity index (χ4n) is 4.60. The maximum Gasteiger partial charge on any atom is 0.260 e. The van der Waals surface area contributed by atoms with Gasteiger partial charge in [0.1, 0.15) is 0 Å². The standard InChI is InChI=1S/C27H31ClN2O3S/c1-33-15-5-14-29-26(31)21-12-10-19(11-13-21)17-25-27(32)30(18-20-6-4-7-22(28)16-20)23-8-2-3-9-24(23)34-25/h4,6-7,10-13,16-17,23-24H,2-3,5,8-9,14-15,18H2,1H3,(H,29,31)/b25-17+. The van der Waals surface area contributed by atoms with Crippen molar-refractivity contribution in [3.05, 3.63) is 75.1 Å². The van der Waals surface area contributed by atoms with Crippen LogP contribution >= 0.6 is 23.4 Å². The summed E-state index contributed by atoms with van der Waals surface area (Å²) in [7, 11) is 1.65. The highest BCUT2D eigenvalue weighted by molar-refractivity contribution is 8.04. The average molecular weight is 499 g/mol. The first kappa shape index (κ1) is 24.8. The van der Waals surface area contributed by atoms with Gasteiger partial charge in [-0.3, -0.25) is 9.59 Å². The monoisotopic (exact) mass is 498 g/mol. The lowest BCUT2D eigenvalue weighted by atomic mass is 9.92. The summed E-state index contributed by atoms with van der Waals surface area (Å²) in [6, 6.07) is 15.4. The summed E-state index contributed by atoms with van der Waals surface area (Å²) in [5.41, 5.74) is 2.58. The smallest absolute Gasteiger partial charge is 0.260 e. The first-order valence-corrected chi connectivity index (χ1v) is 13.1. The third-order valence-electron chi connectivity index (χ3n) is 6.34. The van der Waals surface area contributed by atoms with Gasteiger partial charge in [0.25, 0.3) is 11.8 Å². The number of rotatable bonds is 8. The van der Waals surface area contributed by atoms with E-state index in [-0.39, 0.29) is 17.9 Å². The van der Waals surface area contributed by atoms with Gasteiger partial charge in [-0.15, -0.1) is 11.8 Å². The summed E-state index contributed by atoms with van der Waals surface area (Å²) in [5, 5.41) is 4.00. The third-order valence-corrected chi connectivity index (χ3v) is 7.98. The molecule has 2 unspecified atom stereocenters. The maximum absolute atomic E-state index is 13.6. The Morgan fingerprint density at radius 3 is 2.76 bits per heavy atom. The topological polar surface area (TPSA) is 58.6 Å². The van der Waals surface area contributed by atoms with Crippen LogP contribution in [0, 0.1) is 0 Å². The summed E-state index contributed by atoms with van der Waals surface area (Å²) in [6.07, 6.45) is 7.27. The zero-order chi connectivity index (χ0) is 23.9. The molecule has 1 aliphatic carbocycles. The van der Waals surface area contributed by atoms with E-state index in [0.29, 0.717) is 35.5 Å². The molecule has 180 valence electrons. The molecule has 4 rings (SSSR count). The molecule has 34 heavy (non-hydrogen) atoms. The van der Waals surface area contributed by atoms with Gasteiger partial charge in [-0.1, -0.05) is 48.7 Å². The summed E-state index contributed by atoms with van der Waals surface area (Å²) in [6.45, 7) is 1.77. The van der Waals surface area contributed by atoms with Crippen LogP contribution < -0.4 is 5.32 Å². The van der Waals surface area contributed by atoms with Crippen molar-refractivity contribution in [1.29, 1.82) is 0 Å². The van der Waals surface area contributed by atoms with Crippen molar-refractivity contribution >= 4 is 41.3 Å². The maximum atomic E-state index is 13.6. The quantitative estimate of drug-likeness (QED) is 0.384. The Labute approximate surface area is 210 Å². The van der Waals surface area contributed by atoms with Crippen molar-refractivity contribution in [3.8, 4) is 0 Å². The SMILES string of the molecule is COCCCNC(=O)c1ccc(/C=C2/SC3CCCCC3N(Cc3cccc(Cl)c3)C2=O)cc1. The van der Waals surface area contributed by atoms with Crippen molar-refractivity contribution in [1.82, 2.24) is 10.2 Å². The number of ether oxygens (including phenoxy) is 1. The average Bonchev–Trinajstić information content (AvgIpc) is 2.85. The van der Waals surface area contributed by atoms with E-state index in [0.717, 1.165) is 41.7 Å². The Hall–Kier alpha value is -2.28. The van der Waals surface area contributed by atoms with Crippen LogP contribution in [0.25, 0.3) is 6.08 Å². The molecule has 2 amide bonds. The molecule has 0 radical (unpaired) electrons. The summed E-state index contributed by atoms with van der Waals surface area (Å²) >= 11 is 7.91. The van der Waals surface area contributed by atoms with E-state index in [1.807, 2.05) is 59.5 Å². The predicted molar refractivity (Wildman–Crippen MR) is 139 cm³/mol. The second-order valence-corrected chi connectivity index (χ2v) is 10.5. The van der Waals surface area contributed by atoms with Crippen molar-refractivity contribution < 1.29 is 14.3 Å². The molecule has 1 saturated carbocycles. The van der Waals surface area contributed by atoms with Gasteiger partial charge < -0.3 is 15.0 Å². The molecule has 2 aromatic rings. The minimum Gasteiger partial charge on any atom is -0.385 e. The highest BCUT2D eigenvalue weighted by atomic mass is 35.5. The second-order valence-electron chi connectivity index (χ2n) is 8.80. The number of carbonyl (C=O) groups excluding carboxylic acids is 2. The fourth-order valence-corrected chi connectivity index (χ4v) is 6.28. The number of nitrogens with one attached hydrogen (secondary N) is 1. The highest BCUT2D eigenvalue weighted by Crippen LogP contribution is 2.42. The minimum absolute atomic E-state index is 0.0769. The van der Waals surface area contributed by atoms with Gasteiger partial charge in [-0.25, -0.2) is 0 Å². The number of amides is 2. The molecule has 2 aromatic carbocycles. The van der Waals surface area contributed by atoms with Crippen LogP contribution in [-0.2, 0) is 16.1 Å². The van der Waals surface area contributed by atoms with Crippen LogP contribution in [0.2, 0.25) is 5.02 Å². The van der Waals surface area contributed by atoms with Crippen LogP contribution in [0.3, 0.4) is 0 Å². The van der Waals surface area contributed by atoms with Crippen molar-refractivity contribution in [2.45, 2.75) is 49.9 Å². The molecular weight excluding hydrogens is 468 g/mol. The van der Waals surface area contributed by atoms with E-state index < -0.39 is 0 Å². The number of benzene rings is 2. The second kappa shape index (κ2) is 11.9. The van der Waals surface area contributed by atoms with Crippen LogP contribution in [-0.4, -0.2) is 48.3 Å². The van der Waals surface area contributed by atoms with E-state index in [1.165, 1.54) is 6.42 Å². The molecule has 2 aliphatic rings. The number of thioether (sulfide) groups is 1. The number of hydrogen-bond donors (Lipinski definition) is 1. The predicted octanol–water partition coefficient (Wildman–Crippen LogP) is 5.53. The molecule has 0 spiro atoms. The van der Waals surface area contributed by atoms with Gasteiger partial charge in [0.15, 0.2) is 0 Å². The molecule has 1 heterocycles. The van der Waals surface area contributed by atoms with Crippen molar-refractivity contribution in [3.63, 3.8) is 0 Å². The van der Waals surface area contributed by atoms with Crippen LogP contribution in [0.15, 0.2) is 53.4 Å². The van der Waals surface area contributed by atoms with Gasteiger partial charge in [-0.2, -0.15) is 0 Å². The molecule has 5 nitrogen and oxygen atoms in total. The van der Waals surface area contributed by atoms with Gasteiger partial charge in [-0.05, 0) is 60.7 Å². The van der Waals surface area contributed by atoms with Gasteiger partial charge >= 0.3 is 0 Å². The normalized spacial score (nSPS) is 21.4.